The van der Waals surface area contributed by atoms with E-state index in [1.54, 1.807) is 7.05 Å². The Morgan fingerprint density at radius 3 is 2.42 bits per heavy atom. The van der Waals surface area contributed by atoms with E-state index >= 15 is 0 Å². The molecule has 0 aromatic heterocycles. The number of rotatable bonds is 7. The maximum atomic E-state index is 11.2. The van der Waals surface area contributed by atoms with E-state index < -0.39 is 9.84 Å². The number of nitrogens with one attached hydrogen (secondary N) is 1. The van der Waals surface area contributed by atoms with E-state index in [0.29, 0.717) is 19.5 Å². The van der Waals surface area contributed by atoms with Gasteiger partial charge in [-0.2, -0.15) is 0 Å². The minimum atomic E-state index is -2.83. The molecule has 0 heterocycles. The summed E-state index contributed by atoms with van der Waals surface area (Å²) in [6.45, 7) is 1.10. The third-order valence-corrected chi connectivity index (χ3v) is 3.31. The van der Waals surface area contributed by atoms with Gasteiger partial charge < -0.3 is 11.1 Å². The van der Waals surface area contributed by atoms with E-state index in [0.717, 1.165) is 6.42 Å². The van der Waals surface area contributed by atoms with Crippen molar-refractivity contribution in [3.05, 3.63) is 0 Å². The Labute approximate surface area is 74.4 Å². The molecule has 0 radical (unpaired) electrons. The highest BCUT2D eigenvalue weighted by Crippen LogP contribution is 1.95. The van der Waals surface area contributed by atoms with Gasteiger partial charge >= 0.3 is 0 Å². The van der Waals surface area contributed by atoms with Crippen LogP contribution in [0.2, 0.25) is 0 Å². The van der Waals surface area contributed by atoms with E-state index in [-0.39, 0.29) is 11.5 Å². The Kier molecular flexibility index (Phi) is 6.32. The minimum Gasteiger partial charge on any atom is -0.330 e. The van der Waals surface area contributed by atoms with Gasteiger partial charge in [0, 0.05) is 6.54 Å². The van der Waals surface area contributed by atoms with Crippen LogP contribution < -0.4 is 11.1 Å². The van der Waals surface area contributed by atoms with Crippen LogP contribution in [-0.2, 0) is 9.84 Å². The van der Waals surface area contributed by atoms with Crippen molar-refractivity contribution in [2.75, 3.05) is 31.6 Å². The van der Waals surface area contributed by atoms with Crippen molar-refractivity contribution in [2.24, 2.45) is 5.73 Å². The summed E-state index contributed by atoms with van der Waals surface area (Å²) in [7, 11) is -1.09. The second-order valence-electron chi connectivity index (χ2n) is 2.75. The first-order chi connectivity index (χ1) is 5.62. The van der Waals surface area contributed by atoms with Crippen LogP contribution in [0.5, 0.6) is 0 Å². The van der Waals surface area contributed by atoms with E-state index in [9.17, 15) is 8.42 Å². The van der Waals surface area contributed by atoms with Crippen molar-refractivity contribution < 1.29 is 8.42 Å². The Morgan fingerprint density at radius 2 is 1.92 bits per heavy atom. The van der Waals surface area contributed by atoms with Gasteiger partial charge in [-0.1, -0.05) is 0 Å². The summed E-state index contributed by atoms with van der Waals surface area (Å²) in [5.41, 5.74) is 5.25. The van der Waals surface area contributed by atoms with Gasteiger partial charge in [-0.3, -0.25) is 0 Å². The fourth-order valence-corrected chi connectivity index (χ4v) is 2.19. The predicted octanol–water partition coefficient (Wildman–Crippen LogP) is -0.640. The molecule has 0 aliphatic heterocycles. The quantitative estimate of drug-likeness (QED) is 0.529. The Morgan fingerprint density at radius 1 is 1.25 bits per heavy atom. The topological polar surface area (TPSA) is 72.2 Å². The minimum absolute atomic E-state index is 0.230. The molecule has 0 bridgehead atoms. The molecule has 0 aromatic carbocycles. The van der Waals surface area contributed by atoms with Gasteiger partial charge in [-0.05, 0) is 26.4 Å². The smallest absolute Gasteiger partial charge is 0.151 e. The molecule has 3 N–H and O–H groups in total. The second kappa shape index (κ2) is 6.39. The molecule has 0 aliphatic carbocycles. The molecule has 0 saturated carbocycles. The van der Waals surface area contributed by atoms with Gasteiger partial charge in [0.25, 0.3) is 0 Å². The fourth-order valence-electron chi connectivity index (χ4n) is 0.826. The first kappa shape index (κ1) is 11.9. The molecular formula is C7H18N2O2S. The van der Waals surface area contributed by atoms with E-state index in [1.165, 1.54) is 0 Å². The number of nitrogens with two attached hydrogens (primary N) is 1. The fraction of sp³-hybridized carbons (Fsp3) is 1.00. The lowest BCUT2D eigenvalue weighted by Gasteiger charge is -2.02. The van der Waals surface area contributed by atoms with Crippen LogP contribution in [0.1, 0.15) is 12.8 Å². The molecule has 0 atom stereocenters. The SMILES string of the molecule is CNCCS(=O)(=O)CCCCN. The zero-order valence-corrected chi connectivity index (χ0v) is 8.36. The molecule has 74 valence electrons. The molecular weight excluding hydrogens is 176 g/mol. The van der Waals surface area contributed by atoms with Gasteiger partial charge in [0.15, 0.2) is 9.84 Å². The highest BCUT2D eigenvalue weighted by atomic mass is 32.2. The van der Waals surface area contributed by atoms with Crippen LogP contribution >= 0.6 is 0 Å². The van der Waals surface area contributed by atoms with Gasteiger partial charge in [0.2, 0.25) is 0 Å². The van der Waals surface area contributed by atoms with Crippen LogP contribution in [0.3, 0.4) is 0 Å². The lowest BCUT2D eigenvalue weighted by Crippen LogP contribution is -2.21. The maximum Gasteiger partial charge on any atom is 0.151 e. The first-order valence-corrected chi connectivity index (χ1v) is 5.99. The number of sulfone groups is 1. The van der Waals surface area contributed by atoms with Crippen molar-refractivity contribution in [1.29, 1.82) is 0 Å². The number of hydrogen-bond acceptors (Lipinski definition) is 4. The molecule has 12 heavy (non-hydrogen) atoms. The molecule has 0 amide bonds. The van der Waals surface area contributed by atoms with Crippen LogP contribution in [0.25, 0.3) is 0 Å². The van der Waals surface area contributed by atoms with Gasteiger partial charge in [0.05, 0.1) is 11.5 Å². The summed E-state index contributed by atoms with van der Waals surface area (Å²) < 4.78 is 22.4. The summed E-state index contributed by atoms with van der Waals surface area (Å²) in [6.07, 6.45) is 1.47. The summed E-state index contributed by atoms with van der Waals surface area (Å²) >= 11 is 0. The summed E-state index contributed by atoms with van der Waals surface area (Å²) in [6, 6.07) is 0. The van der Waals surface area contributed by atoms with Crippen LogP contribution in [0.15, 0.2) is 0 Å². The van der Waals surface area contributed by atoms with Crippen molar-refractivity contribution in [3.63, 3.8) is 0 Å². The van der Waals surface area contributed by atoms with Crippen LogP contribution in [-0.4, -0.2) is 40.1 Å². The molecule has 0 rings (SSSR count). The third-order valence-electron chi connectivity index (χ3n) is 1.57. The van der Waals surface area contributed by atoms with Crippen LogP contribution in [0.4, 0.5) is 0 Å². The number of hydrogen-bond donors (Lipinski definition) is 2. The molecule has 0 aliphatic rings. The highest BCUT2D eigenvalue weighted by molar-refractivity contribution is 7.91. The van der Waals surface area contributed by atoms with Gasteiger partial charge in [-0.25, -0.2) is 8.42 Å². The highest BCUT2D eigenvalue weighted by Gasteiger charge is 2.08. The predicted molar refractivity (Wildman–Crippen MR) is 50.9 cm³/mol. The first-order valence-electron chi connectivity index (χ1n) is 4.17. The van der Waals surface area contributed by atoms with Crippen molar-refractivity contribution in [3.8, 4) is 0 Å². The third kappa shape index (κ3) is 6.57. The zero-order chi connectivity index (χ0) is 9.45. The van der Waals surface area contributed by atoms with E-state index in [1.807, 2.05) is 0 Å². The average Bonchev–Trinajstić information content (AvgIpc) is 2.01. The van der Waals surface area contributed by atoms with Gasteiger partial charge in [0.1, 0.15) is 0 Å². The lowest BCUT2D eigenvalue weighted by atomic mass is 10.3. The maximum absolute atomic E-state index is 11.2. The summed E-state index contributed by atoms with van der Waals surface area (Å²) in [5.74, 6) is 0.500. The normalized spacial score (nSPS) is 11.8. The van der Waals surface area contributed by atoms with Gasteiger partial charge in [-0.15, -0.1) is 0 Å². The second-order valence-corrected chi connectivity index (χ2v) is 5.05. The summed E-state index contributed by atoms with van der Waals surface area (Å²) in [5, 5.41) is 2.81. The molecule has 0 saturated heterocycles. The monoisotopic (exact) mass is 194 g/mol. The summed E-state index contributed by atoms with van der Waals surface area (Å²) in [4.78, 5) is 0. The average molecular weight is 194 g/mol. The van der Waals surface area contributed by atoms with Crippen molar-refractivity contribution in [2.45, 2.75) is 12.8 Å². The molecule has 0 spiro atoms. The van der Waals surface area contributed by atoms with Crippen molar-refractivity contribution >= 4 is 9.84 Å². The van der Waals surface area contributed by atoms with Crippen molar-refractivity contribution in [1.82, 2.24) is 5.32 Å². The number of unbranched alkanes of at least 4 members (excludes halogenated alkanes) is 1. The molecule has 0 aromatic rings. The lowest BCUT2D eigenvalue weighted by molar-refractivity contribution is 0.589. The zero-order valence-electron chi connectivity index (χ0n) is 7.54. The Hall–Kier alpha value is -0.130. The van der Waals surface area contributed by atoms with Crippen LogP contribution in [0, 0.1) is 0 Å². The van der Waals surface area contributed by atoms with E-state index in [4.69, 9.17) is 5.73 Å². The van der Waals surface area contributed by atoms with E-state index in [2.05, 4.69) is 5.32 Å². The molecule has 4 nitrogen and oxygen atoms in total. The Bertz CT molecular complexity index is 190. The standard InChI is InChI=1S/C7H18N2O2S/c1-9-5-7-12(10,11)6-3-2-4-8/h9H,2-8H2,1H3. The molecule has 5 heteroatoms. The largest absolute Gasteiger partial charge is 0.330 e. The molecule has 0 fully saturated rings. The Balaban J connectivity index is 3.58. The molecule has 0 unspecified atom stereocenters.